The van der Waals surface area contributed by atoms with Gasteiger partial charge < -0.3 is 31.6 Å². The molecule has 0 saturated heterocycles. The number of hydrogen-bond acceptors (Lipinski definition) is 10. The zero-order chi connectivity index (χ0) is 33.5. The van der Waals surface area contributed by atoms with E-state index < -0.39 is 30.3 Å². The third-order valence-electron chi connectivity index (χ3n) is 4.67. The minimum atomic E-state index is -1.96. The van der Waals surface area contributed by atoms with Crippen LogP contribution in [0.5, 0.6) is 0 Å². The largest absolute Gasteiger partial charge is 0.529 e. The quantitative estimate of drug-likeness (QED) is 0.176. The molecule has 0 heterocycles. The van der Waals surface area contributed by atoms with Gasteiger partial charge in [-0.2, -0.15) is 0 Å². The fourth-order valence-corrected chi connectivity index (χ4v) is 4.49. The Morgan fingerprint density at radius 3 is 1.29 bits per heavy atom. The highest BCUT2D eigenvalue weighted by Crippen LogP contribution is 2.16. The maximum absolute atomic E-state index is 10.1. The van der Waals surface area contributed by atoms with E-state index in [0.717, 1.165) is 35.9 Å². The summed E-state index contributed by atoms with van der Waals surface area (Å²) in [6.45, 7) is 31.2. The predicted octanol–water partition coefficient (Wildman–Crippen LogP) is 3.16. The molecule has 0 bridgehead atoms. The van der Waals surface area contributed by atoms with Crippen molar-refractivity contribution in [2.45, 2.75) is 107 Å². The van der Waals surface area contributed by atoms with Crippen molar-refractivity contribution in [2.75, 3.05) is 13.2 Å². The molecule has 0 fully saturated rings. The molecule has 0 saturated carbocycles. The first-order chi connectivity index (χ1) is 18.8. The van der Waals surface area contributed by atoms with Gasteiger partial charge >= 0.3 is 20.5 Å². The minimum absolute atomic E-state index is 0.0421. The molecule has 0 spiro atoms. The topological polar surface area (TPSA) is 116 Å². The van der Waals surface area contributed by atoms with Crippen LogP contribution in [0.1, 0.15) is 89.0 Å². The number of esters is 2. The van der Waals surface area contributed by atoms with E-state index in [1.807, 2.05) is 26.1 Å². The molecule has 0 rings (SSSR count). The van der Waals surface area contributed by atoms with Crippen LogP contribution in [0.25, 0.3) is 0 Å². The number of carbonyl (C=O) groups is 3. The molecule has 0 aliphatic carbocycles. The lowest BCUT2D eigenvalue weighted by molar-refractivity contribution is -0.138. The number of carbonyl (C=O) groups excluding carboxylic acids is 3. The van der Waals surface area contributed by atoms with Gasteiger partial charge in [-0.25, -0.2) is 0 Å². The Morgan fingerprint density at radius 1 is 0.805 bits per heavy atom. The highest BCUT2D eigenvalue weighted by atomic mass is 28.4. The summed E-state index contributed by atoms with van der Waals surface area (Å²) in [6, 6.07) is 0. The van der Waals surface area contributed by atoms with Crippen LogP contribution in [0, 0.1) is 0 Å². The van der Waals surface area contributed by atoms with Crippen molar-refractivity contribution in [2.24, 2.45) is 0 Å². The molecule has 0 unspecified atom stereocenters. The summed E-state index contributed by atoms with van der Waals surface area (Å²) in [7, 11) is -0.988. The Morgan fingerprint density at radius 2 is 1.17 bits per heavy atom. The lowest BCUT2D eigenvalue weighted by Gasteiger charge is -2.25. The monoisotopic (exact) mass is 656 g/mol. The lowest BCUT2D eigenvalue weighted by atomic mass is 10.0. The Hall–Kier alpha value is -1.66. The SMILES string of the molecule is C=C[SiH2]OC(C)(C)C.C=C[Si](C)(OCC)OCC.CC(=O)OC=COC(C)=O.CC(=O)O[SiH3].CCC(C)(CC)O[SiH3]. The predicted molar refractivity (Wildman–Crippen MR) is 179 cm³/mol. The summed E-state index contributed by atoms with van der Waals surface area (Å²) in [5.74, 6) is -1.09. The van der Waals surface area contributed by atoms with Crippen molar-refractivity contribution in [1.29, 1.82) is 0 Å². The molecule has 0 aromatic heterocycles. The second kappa shape index (κ2) is 31.3. The third kappa shape index (κ3) is 48.4. The van der Waals surface area contributed by atoms with Gasteiger partial charge in [-0.15, -0.1) is 13.2 Å². The molecule has 14 heteroatoms. The molecule has 0 aromatic carbocycles. The van der Waals surface area contributed by atoms with Crippen molar-refractivity contribution in [3.8, 4) is 0 Å². The van der Waals surface area contributed by atoms with Crippen molar-refractivity contribution in [1.82, 2.24) is 0 Å². The average Bonchev–Trinajstić information content (AvgIpc) is 2.90. The smallest absolute Gasteiger partial charge is 0.361 e. The summed E-state index contributed by atoms with van der Waals surface area (Å²) in [4.78, 5) is 29.8. The summed E-state index contributed by atoms with van der Waals surface area (Å²) in [6.07, 6.45) is 4.27. The summed E-state index contributed by atoms with van der Waals surface area (Å²) < 4.78 is 34.5. The standard InChI is InChI=1S/C7H16O2Si.C6H8O4.C6H14OSi.C6H16OSi.C2H6O2Si/c1-5-8-10(4,7-3)9-6-2;1-5(7)9-3-4-10-6(2)8;1-5-8-7-6(2,3)4;1-4-6(3,5-2)7-8;1-2(3)4-5/h7H,3,5-6H2,1-2,4H3;3-4H,1-2H3;5H,1,8H2,2-4H3;4-5H2,1-3,8H3;1,5H3. The molecule has 10 nitrogen and oxygen atoms in total. The molecular formula is C27H60O10Si4. The van der Waals surface area contributed by atoms with E-state index in [1.54, 1.807) is 5.70 Å². The first-order valence-electron chi connectivity index (χ1n) is 13.6. The van der Waals surface area contributed by atoms with Gasteiger partial charge in [0.1, 0.15) is 23.0 Å². The van der Waals surface area contributed by atoms with Crippen LogP contribution >= 0.6 is 0 Å². The second-order valence-corrected chi connectivity index (χ2v) is 14.4. The van der Waals surface area contributed by atoms with E-state index in [2.05, 4.69) is 68.6 Å². The molecule has 0 N–H and O–H groups in total. The second-order valence-electron chi connectivity index (χ2n) is 9.35. The number of ether oxygens (including phenoxy) is 2. The fraction of sp³-hybridized carbons (Fsp3) is 0.667. The Labute approximate surface area is 259 Å². The average molecular weight is 657 g/mol. The van der Waals surface area contributed by atoms with Crippen LogP contribution in [-0.2, 0) is 46.0 Å². The van der Waals surface area contributed by atoms with Crippen LogP contribution in [0.4, 0.5) is 0 Å². The molecular weight excluding hydrogens is 597 g/mol. The highest BCUT2D eigenvalue weighted by molar-refractivity contribution is 6.71. The molecule has 0 aliphatic rings. The maximum Gasteiger partial charge on any atom is 0.361 e. The Balaban J connectivity index is -0.000000134. The Kier molecular flexibility index (Phi) is 37.4. The molecule has 0 atom stereocenters. The number of hydrogen-bond donors (Lipinski definition) is 0. The molecule has 41 heavy (non-hydrogen) atoms. The summed E-state index contributed by atoms with van der Waals surface area (Å²) in [5.41, 5.74) is 3.93. The van der Waals surface area contributed by atoms with Gasteiger partial charge in [0.2, 0.25) is 10.5 Å². The van der Waals surface area contributed by atoms with Crippen molar-refractivity contribution < 1.29 is 46.0 Å². The molecule has 244 valence electrons. The van der Waals surface area contributed by atoms with E-state index in [4.69, 9.17) is 17.7 Å². The molecule has 0 amide bonds. The Bertz CT molecular complexity index is 674. The van der Waals surface area contributed by atoms with Gasteiger partial charge in [0, 0.05) is 39.6 Å². The van der Waals surface area contributed by atoms with Gasteiger partial charge in [0.05, 0.1) is 5.60 Å². The maximum atomic E-state index is 10.1. The van der Waals surface area contributed by atoms with E-state index in [9.17, 15) is 14.4 Å². The first-order valence-corrected chi connectivity index (χ1v) is 19.0. The van der Waals surface area contributed by atoms with Crippen molar-refractivity contribution in [3.63, 3.8) is 0 Å². The van der Waals surface area contributed by atoms with Crippen molar-refractivity contribution >= 4 is 57.2 Å². The third-order valence-corrected chi connectivity index (χ3v) is 9.96. The van der Waals surface area contributed by atoms with Crippen molar-refractivity contribution in [3.05, 3.63) is 37.1 Å². The van der Waals surface area contributed by atoms with E-state index in [1.165, 1.54) is 20.8 Å². The van der Waals surface area contributed by atoms with E-state index in [-0.39, 0.29) is 17.2 Å². The zero-order valence-corrected chi connectivity index (χ0v) is 34.8. The molecule has 0 aliphatic heterocycles. The normalized spacial score (nSPS) is 10.9. The highest BCUT2D eigenvalue weighted by Gasteiger charge is 2.25. The summed E-state index contributed by atoms with van der Waals surface area (Å²) in [5, 5.41) is 0. The fourth-order valence-electron chi connectivity index (χ4n) is 1.83. The van der Waals surface area contributed by atoms with E-state index >= 15 is 0 Å². The summed E-state index contributed by atoms with van der Waals surface area (Å²) >= 11 is 0. The molecule has 0 radical (unpaired) electrons. The van der Waals surface area contributed by atoms with Crippen LogP contribution in [0.2, 0.25) is 6.55 Å². The lowest BCUT2D eigenvalue weighted by Crippen LogP contribution is -2.36. The van der Waals surface area contributed by atoms with E-state index in [0.29, 0.717) is 23.7 Å². The van der Waals surface area contributed by atoms with Crippen LogP contribution in [-0.4, -0.2) is 81.6 Å². The number of rotatable bonds is 12. The van der Waals surface area contributed by atoms with Gasteiger partial charge in [-0.3, -0.25) is 14.4 Å². The minimum Gasteiger partial charge on any atom is -0.529 e. The first kappa shape index (κ1) is 49.0. The van der Waals surface area contributed by atoms with Crippen LogP contribution < -0.4 is 0 Å². The van der Waals surface area contributed by atoms with Gasteiger partial charge in [0.15, 0.2) is 9.76 Å². The van der Waals surface area contributed by atoms with Gasteiger partial charge in [0.25, 0.3) is 5.97 Å². The molecule has 0 aromatic rings. The van der Waals surface area contributed by atoms with Crippen LogP contribution in [0.3, 0.4) is 0 Å². The van der Waals surface area contributed by atoms with Gasteiger partial charge in [-0.1, -0.05) is 19.5 Å². The zero-order valence-electron chi connectivity index (χ0n) is 28.3. The van der Waals surface area contributed by atoms with Gasteiger partial charge in [-0.05, 0) is 66.6 Å². The van der Waals surface area contributed by atoms with Crippen LogP contribution in [0.15, 0.2) is 37.1 Å².